The minimum atomic E-state index is 0.630. The van der Waals surface area contributed by atoms with Gasteiger partial charge in [-0.3, -0.25) is 0 Å². The molecule has 0 aliphatic heterocycles. The molecule has 1 aromatic carbocycles. The monoisotopic (exact) mass is 129 g/mol. The van der Waals surface area contributed by atoms with Crippen molar-refractivity contribution in [2.75, 3.05) is 0 Å². The number of benzene rings is 1. The van der Waals surface area contributed by atoms with Crippen LogP contribution in [-0.2, 0) is 0 Å². The average Bonchev–Trinajstić information content (AvgIpc) is 2.04. The fourth-order valence-corrected chi connectivity index (χ4v) is 0.770. The van der Waals surface area contributed by atoms with Gasteiger partial charge in [0.15, 0.2) is 0 Å². The van der Waals surface area contributed by atoms with Gasteiger partial charge in [0.1, 0.15) is 0 Å². The van der Waals surface area contributed by atoms with Crippen LogP contribution in [0.25, 0.3) is 0 Å². The Hall–Kier alpha value is -1.18. The molecule has 0 spiro atoms. The van der Waals surface area contributed by atoms with E-state index in [0.29, 0.717) is 5.56 Å². The summed E-state index contributed by atoms with van der Waals surface area (Å²) in [7, 11) is 5.24. The van der Waals surface area contributed by atoms with Gasteiger partial charge in [0.05, 0.1) is 0 Å². The number of carbonyl (C=O) groups excluding carboxylic acids is 1. The Morgan fingerprint density at radius 1 is 1.20 bits per heavy atom. The normalized spacial score (nSPS) is 8.70. The van der Waals surface area contributed by atoms with Crippen molar-refractivity contribution < 1.29 is 4.79 Å². The van der Waals surface area contributed by atoms with Crippen molar-refractivity contribution >= 4 is 19.7 Å². The first-order valence-corrected chi connectivity index (χ1v) is 2.97. The Balaban J connectivity index is 3.20. The minimum absolute atomic E-state index is 0.630. The zero-order valence-corrected chi connectivity index (χ0v) is 5.45. The van der Waals surface area contributed by atoms with Gasteiger partial charge in [-0.1, -0.05) is 0 Å². The molecule has 47 valence electrons. The van der Waals surface area contributed by atoms with Gasteiger partial charge in [0.25, 0.3) is 0 Å². The average molecular weight is 129 g/mol. The van der Waals surface area contributed by atoms with Crippen molar-refractivity contribution in [1.29, 1.82) is 0 Å². The molecule has 0 atom stereocenters. The fraction of sp³-hybridized carbons (Fsp3) is 0. The Bertz CT molecular complexity index is 228. The number of carbonyl (C=O) groups is 1. The molecule has 0 aromatic heterocycles. The van der Waals surface area contributed by atoms with Crippen LogP contribution >= 0.6 is 0 Å². The number of hydrogen-bond donors (Lipinski definition) is 0. The second-order valence-corrected chi connectivity index (χ2v) is 1.91. The molecule has 10 heavy (non-hydrogen) atoms. The van der Waals surface area contributed by atoms with E-state index in [1.807, 2.05) is 6.07 Å². The molecular formula is C8H6BO. The van der Waals surface area contributed by atoms with Gasteiger partial charge < -0.3 is 0 Å². The van der Waals surface area contributed by atoms with Gasteiger partial charge in [-0.05, 0) is 0 Å². The topological polar surface area (TPSA) is 17.1 Å². The third kappa shape index (κ3) is 1.21. The van der Waals surface area contributed by atoms with Gasteiger partial charge >= 0.3 is 59.9 Å². The van der Waals surface area contributed by atoms with Crippen LogP contribution in [0.4, 0.5) is 0 Å². The first kappa shape index (κ1) is 6.94. The van der Waals surface area contributed by atoms with Crippen molar-refractivity contribution in [2.45, 2.75) is 0 Å². The summed E-state index contributed by atoms with van der Waals surface area (Å²) in [4.78, 5) is 10.3. The van der Waals surface area contributed by atoms with Crippen molar-refractivity contribution in [3.63, 3.8) is 0 Å². The first-order chi connectivity index (χ1) is 4.88. The molecule has 0 heterocycles. The Morgan fingerprint density at radius 3 is 2.20 bits per heavy atom. The molecule has 1 rings (SSSR count). The van der Waals surface area contributed by atoms with E-state index in [0.717, 1.165) is 11.8 Å². The van der Waals surface area contributed by atoms with Crippen LogP contribution in [0.15, 0.2) is 24.3 Å². The third-order valence-electron chi connectivity index (χ3n) is 1.30. The van der Waals surface area contributed by atoms with E-state index < -0.39 is 0 Å². The van der Waals surface area contributed by atoms with Crippen LogP contribution < -0.4 is 0 Å². The Labute approximate surface area is 60.8 Å². The SMILES string of the molecule is [B]=Cc1ccccc1C=O. The summed E-state index contributed by atoms with van der Waals surface area (Å²) in [6.07, 6.45) is 0.790. The molecule has 0 amide bonds. The molecule has 0 saturated heterocycles. The van der Waals surface area contributed by atoms with E-state index in [1.165, 1.54) is 5.97 Å². The number of aldehydes is 1. The summed E-state index contributed by atoms with van der Waals surface area (Å²) >= 11 is 0. The van der Waals surface area contributed by atoms with Gasteiger partial charge in [0.2, 0.25) is 0 Å². The maximum absolute atomic E-state index is 10.3. The molecule has 0 unspecified atom stereocenters. The van der Waals surface area contributed by atoms with E-state index in [-0.39, 0.29) is 0 Å². The van der Waals surface area contributed by atoms with E-state index in [9.17, 15) is 4.79 Å². The summed E-state index contributed by atoms with van der Waals surface area (Å²) in [5, 5.41) is 0. The molecule has 1 radical (unpaired) electrons. The summed E-state index contributed by atoms with van der Waals surface area (Å²) < 4.78 is 0. The van der Waals surface area contributed by atoms with Gasteiger partial charge in [-0.25, -0.2) is 0 Å². The maximum atomic E-state index is 10.3. The fourth-order valence-electron chi connectivity index (χ4n) is 0.770. The van der Waals surface area contributed by atoms with Crippen molar-refractivity contribution in [1.82, 2.24) is 0 Å². The predicted molar refractivity (Wildman–Crippen MR) is 42.7 cm³/mol. The van der Waals surface area contributed by atoms with E-state index in [1.54, 1.807) is 18.2 Å². The van der Waals surface area contributed by atoms with Crippen LogP contribution in [0.1, 0.15) is 15.9 Å². The Morgan fingerprint density at radius 2 is 1.80 bits per heavy atom. The van der Waals surface area contributed by atoms with E-state index in [4.69, 9.17) is 7.49 Å². The molecule has 0 saturated carbocycles. The van der Waals surface area contributed by atoms with Gasteiger partial charge in [0, 0.05) is 0 Å². The summed E-state index contributed by atoms with van der Waals surface area (Å²) in [5.41, 5.74) is 1.41. The molecule has 1 nitrogen and oxygen atoms in total. The van der Waals surface area contributed by atoms with Crippen LogP contribution in [0.2, 0.25) is 0 Å². The molecular weight excluding hydrogens is 123 g/mol. The second-order valence-electron chi connectivity index (χ2n) is 1.91. The molecule has 0 aliphatic rings. The van der Waals surface area contributed by atoms with Crippen LogP contribution in [-0.4, -0.2) is 19.7 Å². The zero-order valence-electron chi connectivity index (χ0n) is 5.45. The third-order valence-corrected chi connectivity index (χ3v) is 1.30. The zero-order chi connectivity index (χ0) is 7.40. The number of hydrogen-bond acceptors (Lipinski definition) is 1. The van der Waals surface area contributed by atoms with E-state index in [2.05, 4.69) is 0 Å². The first-order valence-electron chi connectivity index (χ1n) is 2.97. The van der Waals surface area contributed by atoms with Crippen LogP contribution in [0.3, 0.4) is 0 Å². The summed E-state index contributed by atoms with van der Waals surface area (Å²) in [6, 6.07) is 7.16. The quantitative estimate of drug-likeness (QED) is 0.426. The van der Waals surface area contributed by atoms with Gasteiger partial charge in [-0.2, -0.15) is 0 Å². The van der Waals surface area contributed by atoms with Crippen molar-refractivity contribution in [3.05, 3.63) is 35.4 Å². The molecule has 0 aliphatic carbocycles. The van der Waals surface area contributed by atoms with Crippen molar-refractivity contribution in [3.8, 4) is 0 Å². The summed E-state index contributed by atoms with van der Waals surface area (Å²) in [5.74, 6) is 1.42. The number of rotatable bonds is 2. The molecule has 0 bridgehead atoms. The molecule has 2 heteroatoms. The summed E-state index contributed by atoms with van der Waals surface area (Å²) in [6.45, 7) is 0. The predicted octanol–water partition coefficient (Wildman–Crippen LogP) is 0.818. The van der Waals surface area contributed by atoms with E-state index >= 15 is 0 Å². The molecule has 0 N–H and O–H groups in total. The Kier molecular flexibility index (Phi) is 2.16. The van der Waals surface area contributed by atoms with Crippen molar-refractivity contribution in [2.24, 2.45) is 0 Å². The second kappa shape index (κ2) is 3.11. The molecule has 1 aromatic rings. The van der Waals surface area contributed by atoms with Gasteiger partial charge in [-0.15, -0.1) is 0 Å². The van der Waals surface area contributed by atoms with Crippen LogP contribution in [0.5, 0.6) is 0 Å². The molecule has 0 fully saturated rings. The standard InChI is InChI=1S/C8H6BO/c9-5-7-3-1-2-4-8(7)6-10/h1-6H. The van der Waals surface area contributed by atoms with Crippen LogP contribution in [0, 0.1) is 0 Å².